The molecule has 1 heterocycles. The molecule has 1 saturated heterocycles. The van der Waals surface area contributed by atoms with Crippen molar-refractivity contribution in [2.75, 3.05) is 19.8 Å². The van der Waals surface area contributed by atoms with Crippen LogP contribution in [-0.4, -0.2) is 43.1 Å². The number of rotatable bonds is 8. The summed E-state index contributed by atoms with van der Waals surface area (Å²) in [6.07, 6.45) is 1.81. The summed E-state index contributed by atoms with van der Waals surface area (Å²) >= 11 is 0. The van der Waals surface area contributed by atoms with Crippen molar-refractivity contribution >= 4 is 11.9 Å². The number of carbonyl (C=O) groups excluding carboxylic acids is 2. The Kier molecular flexibility index (Phi) is 7.14. The molecule has 3 amide bonds. The van der Waals surface area contributed by atoms with Gasteiger partial charge < -0.3 is 19.5 Å². The van der Waals surface area contributed by atoms with E-state index in [9.17, 15) is 9.59 Å². The molecule has 1 aliphatic heterocycles. The van der Waals surface area contributed by atoms with E-state index in [1.807, 2.05) is 44.2 Å². The van der Waals surface area contributed by atoms with Gasteiger partial charge in [-0.3, -0.25) is 10.1 Å². The zero-order valence-electron chi connectivity index (χ0n) is 15.7. The summed E-state index contributed by atoms with van der Waals surface area (Å²) in [5, 5.41) is 4.88. The maximum absolute atomic E-state index is 12.3. The van der Waals surface area contributed by atoms with Gasteiger partial charge in [0.25, 0.3) is 5.91 Å². The molecular weight excluding hydrogens is 336 g/mol. The summed E-state index contributed by atoms with van der Waals surface area (Å²) in [7, 11) is 0. The van der Waals surface area contributed by atoms with Gasteiger partial charge in [-0.15, -0.1) is 0 Å². The number of hydrogen-bond donors (Lipinski definition) is 2. The molecule has 0 aromatic heterocycles. The van der Waals surface area contributed by atoms with Crippen molar-refractivity contribution in [2.24, 2.45) is 0 Å². The first-order chi connectivity index (χ1) is 12.4. The van der Waals surface area contributed by atoms with Crippen LogP contribution < -0.4 is 10.6 Å². The van der Waals surface area contributed by atoms with Crippen LogP contribution >= 0.6 is 0 Å². The second kappa shape index (κ2) is 9.12. The van der Waals surface area contributed by atoms with Crippen LogP contribution in [0.25, 0.3) is 0 Å². The normalized spacial score (nSPS) is 25.0. The van der Waals surface area contributed by atoms with Crippen LogP contribution in [0.5, 0.6) is 0 Å². The minimum absolute atomic E-state index is 0.198. The van der Waals surface area contributed by atoms with Crippen molar-refractivity contribution in [3.63, 3.8) is 0 Å². The molecule has 2 N–H and O–H groups in total. The van der Waals surface area contributed by atoms with E-state index in [-0.39, 0.29) is 13.2 Å². The zero-order valence-corrected chi connectivity index (χ0v) is 15.7. The number of urea groups is 1. The molecule has 0 aliphatic carbocycles. The summed E-state index contributed by atoms with van der Waals surface area (Å²) in [6.45, 7) is 6.77. The summed E-state index contributed by atoms with van der Waals surface area (Å²) in [5.74, 6) is -2.15. The van der Waals surface area contributed by atoms with Crippen LogP contribution in [0, 0.1) is 0 Å². The van der Waals surface area contributed by atoms with Crippen LogP contribution in [0.2, 0.25) is 0 Å². The Bertz CT molecular complexity index is 609. The Balaban J connectivity index is 1.80. The molecule has 1 fully saturated rings. The van der Waals surface area contributed by atoms with E-state index in [2.05, 4.69) is 10.6 Å². The van der Waals surface area contributed by atoms with E-state index < -0.39 is 23.3 Å². The van der Waals surface area contributed by atoms with E-state index in [4.69, 9.17) is 14.2 Å². The Morgan fingerprint density at radius 3 is 2.65 bits per heavy atom. The van der Waals surface area contributed by atoms with Gasteiger partial charge in [-0.2, -0.15) is 0 Å². The predicted octanol–water partition coefficient (Wildman–Crippen LogP) is 2.35. The minimum atomic E-state index is -1.52. The van der Waals surface area contributed by atoms with E-state index in [1.165, 1.54) is 6.92 Å². The van der Waals surface area contributed by atoms with Crippen LogP contribution in [0.4, 0.5) is 4.79 Å². The fourth-order valence-corrected chi connectivity index (χ4v) is 2.60. The van der Waals surface area contributed by atoms with E-state index >= 15 is 0 Å². The van der Waals surface area contributed by atoms with Crippen LogP contribution in [0.1, 0.15) is 39.2 Å². The van der Waals surface area contributed by atoms with Gasteiger partial charge in [0.2, 0.25) is 5.79 Å². The molecule has 7 heteroatoms. The molecule has 1 aliphatic rings. The monoisotopic (exact) mass is 364 g/mol. The van der Waals surface area contributed by atoms with Crippen molar-refractivity contribution in [3.05, 3.63) is 35.9 Å². The Labute approximate surface area is 154 Å². The fraction of sp³-hybridized carbons (Fsp3) is 0.579. The molecule has 7 nitrogen and oxygen atoms in total. The summed E-state index contributed by atoms with van der Waals surface area (Å²) in [4.78, 5) is 24.1. The summed E-state index contributed by atoms with van der Waals surface area (Å²) < 4.78 is 17.1. The second-order valence-corrected chi connectivity index (χ2v) is 6.83. The molecule has 1 aromatic rings. The topological polar surface area (TPSA) is 85.9 Å². The van der Waals surface area contributed by atoms with Gasteiger partial charge in [0.15, 0.2) is 0 Å². The molecule has 2 rings (SSSR count). The van der Waals surface area contributed by atoms with Gasteiger partial charge in [-0.25, -0.2) is 4.79 Å². The maximum Gasteiger partial charge on any atom is 0.321 e. The lowest BCUT2D eigenvalue weighted by Gasteiger charge is -2.26. The number of imide groups is 1. The average molecular weight is 364 g/mol. The van der Waals surface area contributed by atoms with E-state index in [0.29, 0.717) is 13.2 Å². The largest absolute Gasteiger partial charge is 0.374 e. The minimum Gasteiger partial charge on any atom is -0.374 e. The first kappa shape index (κ1) is 20.4. The number of unbranched alkanes of at least 4 members (excludes halogenated alkanes) is 1. The Hall–Kier alpha value is -1.96. The first-order valence-electron chi connectivity index (χ1n) is 8.92. The number of nitrogens with one attached hydrogen (secondary N) is 2. The van der Waals surface area contributed by atoms with Gasteiger partial charge in [0, 0.05) is 6.54 Å². The zero-order chi connectivity index (χ0) is 19.0. The maximum atomic E-state index is 12.3. The van der Waals surface area contributed by atoms with Crippen molar-refractivity contribution in [1.29, 1.82) is 0 Å². The molecule has 26 heavy (non-hydrogen) atoms. The lowest BCUT2D eigenvalue weighted by Crippen LogP contribution is -2.52. The Morgan fingerprint density at radius 2 is 1.96 bits per heavy atom. The predicted molar refractivity (Wildman–Crippen MR) is 96.4 cm³/mol. The number of ether oxygens (including phenoxy) is 3. The van der Waals surface area contributed by atoms with Crippen LogP contribution in [-0.2, 0) is 25.6 Å². The van der Waals surface area contributed by atoms with E-state index in [1.54, 1.807) is 0 Å². The highest BCUT2D eigenvalue weighted by atomic mass is 16.8. The molecule has 0 spiro atoms. The summed E-state index contributed by atoms with van der Waals surface area (Å²) in [6, 6.07) is 9.24. The standard InChI is InChI=1S/C19H28N2O5/c1-4-5-11-20-17(23)21-16(22)19(3)25-14-18(2,26-19)13-24-12-15-9-7-6-8-10-15/h6-10H,4-5,11-14H2,1-3H3,(H2,20,21,22,23). The van der Waals surface area contributed by atoms with Gasteiger partial charge in [0.1, 0.15) is 5.60 Å². The van der Waals surface area contributed by atoms with Crippen molar-refractivity contribution in [2.45, 2.75) is 51.6 Å². The Morgan fingerprint density at radius 1 is 1.23 bits per heavy atom. The molecule has 0 saturated carbocycles. The van der Waals surface area contributed by atoms with Crippen LogP contribution in [0.15, 0.2) is 30.3 Å². The highest BCUT2D eigenvalue weighted by Gasteiger charge is 2.50. The third kappa shape index (κ3) is 5.79. The quantitative estimate of drug-likeness (QED) is 0.692. The molecule has 2 unspecified atom stereocenters. The fourth-order valence-electron chi connectivity index (χ4n) is 2.60. The number of amides is 3. The van der Waals surface area contributed by atoms with Crippen molar-refractivity contribution < 1.29 is 23.8 Å². The van der Waals surface area contributed by atoms with Gasteiger partial charge in [-0.1, -0.05) is 43.7 Å². The molecule has 0 bridgehead atoms. The lowest BCUT2D eigenvalue weighted by atomic mass is 10.1. The molecule has 2 atom stereocenters. The lowest BCUT2D eigenvalue weighted by molar-refractivity contribution is -0.193. The smallest absolute Gasteiger partial charge is 0.321 e. The summed E-state index contributed by atoms with van der Waals surface area (Å²) in [5.41, 5.74) is 0.291. The van der Waals surface area contributed by atoms with Gasteiger partial charge in [-0.05, 0) is 25.8 Å². The first-order valence-corrected chi connectivity index (χ1v) is 8.92. The third-order valence-corrected chi connectivity index (χ3v) is 4.07. The van der Waals surface area contributed by atoms with Gasteiger partial charge in [0.05, 0.1) is 19.8 Å². The van der Waals surface area contributed by atoms with Gasteiger partial charge >= 0.3 is 6.03 Å². The van der Waals surface area contributed by atoms with Crippen LogP contribution in [0.3, 0.4) is 0 Å². The molecule has 144 valence electrons. The number of carbonyl (C=O) groups is 2. The average Bonchev–Trinajstić information content (AvgIpc) is 2.93. The number of benzene rings is 1. The highest BCUT2D eigenvalue weighted by molar-refractivity contribution is 5.97. The third-order valence-electron chi connectivity index (χ3n) is 4.07. The molecular formula is C19H28N2O5. The molecule has 0 radical (unpaired) electrons. The van der Waals surface area contributed by atoms with E-state index in [0.717, 1.165) is 18.4 Å². The van der Waals surface area contributed by atoms with Crippen molar-refractivity contribution in [3.8, 4) is 0 Å². The molecule has 1 aromatic carbocycles. The van der Waals surface area contributed by atoms with Crippen molar-refractivity contribution in [1.82, 2.24) is 10.6 Å². The number of hydrogen-bond acceptors (Lipinski definition) is 5. The SMILES string of the molecule is CCCCNC(=O)NC(=O)C1(C)OCC(C)(COCc2ccccc2)O1. The highest BCUT2D eigenvalue weighted by Crippen LogP contribution is 2.31. The second-order valence-electron chi connectivity index (χ2n) is 6.83.